The second-order valence-corrected chi connectivity index (χ2v) is 5.25. The predicted octanol–water partition coefficient (Wildman–Crippen LogP) is 0.631. The van der Waals surface area contributed by atoms with Crippen LogP contribution in [0.25, 0.3) is 0 Å². The van der Waals surface area contributed by atoms with Crippen LogP contribution in [0.15, 0.2) is 18.2 Å². The highest BCUT2D eigenvalue weighted by Crippen LogP contribution is 2.28. The number of hydrogen-bond donors (Lipinski definition) is 2. The molecule has 0 spiro atoms. The van der Waals surface area contributed by atoms with Gasteiger partial charge in [-0.25, -0.2) is 4.79 Å². The van der Waals surface area contributed by atoms with E-state index in [-0.39, 0.29) is 23.7 Å². The predicted molar refractivity (Wildman–Crippen MR) is 85.9 cm³/mol. The minimum Gasteiger partial charge on any atom is -0.493 e. The lowest BCUT2D eigenvalue weighted by Crippen LogP contribution is -2.52. The number of hydrogen-bond acceptors (Lipinski definition) is 6. The Morgan fingerprint density at radius 3 is 2.38 bits per heavy atom. The minimum absolute atomic E-state index is 0.264. The Kier molecular flexibility index (Phi) is 6.58. The van der Waals surface area contributed by atoms with Crippen molar-refractivity contribution in [2.24, 2.45) is 5.73 Å². The lowest BCUT2D eigenvalue weighted by Gasteiger charge is -2.26. The first kappa shape index (κ1) is 19.3. The van der Waals surface area contributed by atoms with E-state index in [1.165, 1.54) is 32.4 Å². The zero-order valence-electron chi connectivity index (χ0n) is 14.2. The first-order valence-corrected chi connectivity index (χ1v) is 7.27. The van der Waals surface area contributed by atoms with Crippen LogP contribution >= 0.6 is 0 Å². The summed E-state index contributed by atoms with van der Waals surface area (Å²) in [5, 5.41) is 2.65. The molecule has 0 unspecified atom stereocenters. The summed E-state index contributed by atoms with van der Waals surface area (Å²) in [5.41, 5.74) is 4.15. The topological polar surface area (TPSA) is 117 Å². The van der Waals surface area contributed by atoms with Crippen LogP contribution in [0.4, 0.5) is 0 Å². The molecular weight excluding hydrogens is 316 g/mol. The fourth-order valence-electron chi connectivity index (χ4n) is 1.91. The van der Waals surface area contributed by atoms with Gasteiger partial charge in [0.25, 0.3) is 11.8 Å². The van der Waals surface area contributed by atoms with Crippen LogP contribution in [0.2, 0.25) is 0 Å². The van der Waals surface area contributed by atoms with E-state index in [9.17, 15) is 14.4 Å². The third-order valence-electron chi connectivity index (χ3n) is 3.53. The Hall–Kier alpha value is -2.77. The van der Waals surface area contributed by atoms with Crippen LogP contribution in [0.1, 0.15) is 30.6 Å². The highest BCUT2D eigenvalue weighted by atomic mass is 16.5. The number of rotatable bonds is 8. The number of methoxy groups -OCH3 is 2. The van der Waals surface area contributed by atoms with E-state index in [0.29, 0.717) is 6.42 Å². The van der Waals surface area contributed by atoms with Gasteiger partial charge in [0.1, 0.15) is 5.54 Å². The van der Waals surface area contributed by atoms with Crippen molar-refractivity contribution in [3.63, 3.8) is 0 Å². The maximum Gasteiger partial charge on any atom is 0.331 e. The molecular formula is C16H22N2O6. The highest BCUT2D eigenvalue weighted by molar-refractivity contribution is 5.98. The van der Waals surface area contributed by atoms with Crippen molar-refractivity contribution in [2.75, 3.05) is 20.8 Å². The SMILES string of the molecule is CC[C@](C)(NC(=O)c1ccc(OCC(N)=O)c(OC)c1)C(=O)OC. The normalized spacial score (nSPS) is 12.7. The Labute approximate surface area is 140 Å². The molecule has 0 radical (unpaired) electrons. The molecule has 2 amide bonds. The quantitative estimate of drug-likeness (QED) is 0.672. The van der Waals surface area contributed by atoms with Crippen molar-refractivity contribution in [3.8, 4) is 11.5 Å². The summed E-state index contributed by atoms with van der Waals surface area (Å²) in [7, 11) is 2.66. The molecule has 3 N–H and O–H groups in total. The number of primary amides is 1. The monoisotopic (exact) mass is 338 g/mol. The van der Waals surface area contributed by atoms with Gasteiger partial charge in [-0.2, -0.15) is 0 Å². The van der Waals surface area contributed by atoms with Gasteiger partial charge in [0.05, 0.1) is 14.2 Å². The van der Waals surface area contributed by atoms with Crippen LogP contribution in [0.3, 0.4) is 0 Å². The summed E-state index contributed by atoms with van der Waals surface area (Å²) < 4.78 is 15.1. The van der Waals surface area contributed by atoms with Crippen LogP contribution in [-0.4, -0.2) is 44.1 Å². The Morgan fingerprint density at radius 1 is 1.21 bits per heavy atom. The maximum absolute atomic E-state index is 12.4. The lowest BCUT2D eigenvalue weighted by atomic mass is 9.98. The number of amides is 2. The van der Waals surface area contributed by atoms with E-state index in [4.69, 9.17) is 19.9 Å². The third kappa shape index (κ3) is 4.61. The van der Waals surface area contributed by atoms with Gasteiger partial charge in [-0.1, -0.05) is 6.92 Å². The standard InChI is InChI=1S/C16H22N2O6/c1-5-16(2,15(21)23-4)18-14(20)10-6-7-11(12(8-10)22-3)24-9-13(17)19/h6-8H,5,9H2,1-4H3,(H2,17,19)(H,18,20)/t16-/m0/s1. The molecule has 0 aliphatic heterocycles. The highest BCUT2D eigenvalue weighted by Gasteiger charge is 2.34. The van der Waals surface area contributed by atoms with Crippen molar-refractivity contribution in [2.45, 2.75) is 25.8 Å². The molecule has 1 aromatic rings. The van der Waals surface area contributed by atoms with Crippen molar-refractivity contribution in [1.29, 1.82) is 0 Å². The van der Waals surface area contributed by atoms with E-state index in [1.54, 1.807) is 13.8 Å². The van der Waals surface area contributed by atoms with E-state index < -0.39 is 23.3 Å². The van der Waals surface area contributed by atoms with Gasteiger partial charge in [0, 0.05) is 5.56 Å². The Balaban J connectivity index is 2.99. The Morgan fingerprint density at radius 2 is 1.88 bits per heavy atom. The molecule has 0 saturated carbocycles. The van der Waals surface area contributed by atoms with Crippen LogP contribution in [-0.2, 0) is 14.3 Å². The van der Waals surface area contributed by atoms with E-state index >= 15 is 0 Å². The smallest absolute Gasteiger partial charge is 0.331 e. The van der Waals surface area contributed by atoms with Gasteiger partial charge < -0.3 is 25.3 Å². The first-order chi connectivity index (χ1) is 11.3. The molecule has 8 nitrogen and oxygen atoms in total. The minimum atomic E-state index is -1.14. The fraction of sp³-hybridized carbons (Fsp3) is 0.438. The molecule has 132 valence electrons. The number of benzene rings is 1. The first-order valence-electron chi connectivity index (χ1n) is 7.27. The molecule has 0 heterocycles. The number of carbonyl (C=O) groups excluding carboxylic acids is 3. The van der Waals surface area contributed by atoms with Crippen LogP contribution in [0, 0.1) is 0 Å². The van der Waals surface area contributed by atoms with Crippen LogP contribution in [0.5, 0.6) is 11.5 Å². The molecule has 0 saturated heterocycles. The third-order valence-corrected chi connectivity index (χ3v) is 3.53. The van der Waals surface area contributed by atoms with Crippen molar-refractivity contribution < 1.29 is 28.6 Å². The summed E-state index contributed by atoms with van der Waals surface area (Å²) in [5.74, 6) is -1.09. The van der Waals surface area contributed by atoms with E-state index in [0.717, 1.165) is 0 Å². The molecule has 24 heavy (non-hydrogen) atoms. The van der Waals surface area contributed by atoms with Crippen molar-refractivity contribution in [3.05, 3.63) is 23.8 Å². The second-order valence-electron chi connectivity index (χ2n) is 5.25. The summed E-state index contributed by atoms with van der Waals surface area (Å²) in [4.78, 5) is 35.0. The zero-order valence-corrected chi connectivity index (χ0v) is 14.2. The number of nitrogens with one attached hydrogen (secondary N) is 1. The summed E-state index contributed by atoms with van der Waals surface area (Å²) in [6.45, 7) is 3.04. The molecule has 0 aliphatic carbocycles. The molecule has 0 aromatic heterocycles. The fourth-order valence-corrected chi connectivity index (χ4v) is 1.91. The van der Waals surface area contributed by atoms with Gasteiger partial charge in [-0.05, 0) is 31.5 Å². The van der Waals surface area contributed by atoms with Gasteiger partial charge in [0.15, 0.2) is 18.1 Å². The number of carbonyl (C=O) groups is 3. The van der Waals surface area contributed by atoms with Gasteiger partial charge >= 0.3 is 5.97 Å². The summed E-state index contributed by atoms with van der Waals surface area (Å²) in [6.07, 6.45) is 0.363. The average molecular weight is 338 g/mol. The molecule has 0 aliphatic rings. The molecule has 1 rings (SSSR count). The lowest BCUT2D eigenvalue weighted by molar-refractivity contribution is -0.147. The molecule has 1 aromatic carbocycles. The average Bonchev–Trinajstić information content (AvgIpc) is 2.58. The molecule has 0 bridgehead atoms. The molecule has 1 atom stereocenters. The second kappa shape index (κ2) is 8.19. The summed E-state index contributed by atoms with van der Waals surface area (Å²) >= 11 is 0. The molecule has 8 heteroatoms. The summed E-state index contributed by atoms with van der Waals surface area (Å²) in [6, 6.07) is 4.42. The van der Waals surface area contributed by atoms with E-state index in [2.05, 4.69) is 5.32 Å². The number of ether oxygens (including phenoxy) is 3. The largest absolute Gasteiger partial charge is 0.493 e. The zero-order chi connectivity index (χ0) is 18.3. The van der Waals surface area contributed by atoms with E-state index in [1.807, 2.05) is 0 Å². The Bertz CT molecular complexity index is 631. The van der Waals surface area contributed by atoms with Crippen LogP contribution < -0.4 is 20.5 Å². The van der Waals surface area contributed by atoms with Crippen molar-refractivity contribution >= 4 is 17.8 Å². The van der Waals surface area contributed by atoms with Gasteiger partial charge in [0.2, 0.25) is 0 Å². The number of nitrogens with two attached hydrogens (primary N) is 1. The maximum atomic E-state index is 12.4. The number of esters is 1. The van der Waals surface area contributed by atoms with Gasteiger partial charge in [-0.15, -0.1) is 0 Å². The van der Waals surface area contributed by atoms with Crippen molar-refractivity contribution in [1.82, 2.24) is 5.32 Å². The van der Waals surface area contributed by atoms with Gasteiger partial charge in [-0.3, -0.25) is 9.59 Å². The molecule has 0 fully saturated rings.